The summed E-state index contributed by atoms with van der Waals surface area (Å²) in [5.74, 6) is 1.06. The maximum absolute atomic E-state index is 11.9. The molecule has 4 heteroatoms. The molecule has 2 rings (SSSR count). The van der Waals surface area contributed by atoms with Crippen molar-refractivity contribution in [2.45, 2.75) is 51.9 Å². The van der Waals surface area contributed by atoms with E-state index in [0.717, 1.165) is 56.4 Å². The Balaban J connectivity index is 1.76. The third-order valence-electron chi connectivity index (χ3n) is 4.01. The van der Waals surface area contributed by atoms with Crippen LogP contribution in [0.4, 0.5) is 0 Å². The van der Waals surface area contributed by atoms with E-state index in [-0.39, 0.29) is 11.8 Å². The molecule has 0 spiro atoms. The third kappa shape index (κ3) is 5.51. The molecule has 0 heterocycles. The number of ether oxygens (including phenoxy) is 1. The first-order valence-electron chi connectivity index (χ1n) is 8.35. The molecule has 1 N–H and O–H groups in total. The first-order valence-corrected chi connectivity index (χ1v) is 8.35. The van der Waals surface area contributed by atoms with E-state index < -0.39 is 0 Å². The predicted molar refractivity (Wildman–Crippen MR) is 89.2 cm³/mol. The number of hydrogen-bond donors (Lipinski definition) is 1. The van der Waals surface area contributed by atoms with Crippen LogP contribution in [0, 0.1) is 5.92 Å². The van der Waals surface area contributed by atoms with Crippen LogP contribution in [0.1, 0.15) is 57.4 Å². The van der Waals surface area contributed by atoms with Crippen LogP contribution < -0.4 is 10.2 Å². The molecular weight excluding hydrogens is 276 g/mol. The SMILES string of the molecule is CCCCOc1ccc(/C=N\NC(=O)C2CCCCC2)cc1. The first kappa shape index (κ1) is 16.5. The largest absolute Gasteiger partial charge is 0.494 e. The van der Waals surface area contributed by atoms with Gasteiger partial charge in [-0.2, -0.15) is 5.10 Å². The van der Waals surface area contributed by atoms with Gasteiger partial charge in [0.2, 0.25) is 5.91 Å². The van der Waals surface area contributed by atoms with Gasteiger partial charge in [-0.1, -0.05) is 32.6 Å². The highest BCUT2D eigenvalue weighted by molar-refractivity contribution is 5.83. The van der Waals surface area contributed by atoms with Gasteiger partial charge in [0.05, 0.1) is 12.8 Å². The van der Waals surface area contributed by atoms with Crippen LogP contribution in [0.15, 0.2) is 29.4 Å². The summed E-state index contributed by atoms with van der Waals surface area (Å²) in [6, 6.07) is 7.75. The summed E-state index contributed by atoms with van der Waals surface area (Å²) in [6.45, 7) is 2.89. The Morgan fingerprint density at radius 2 is 2.00 bits per heavy atom. The van der Waals surface area contributed by atoms with Crippen molar-refractivity contribution in [3.63, 3.8) is 0 Å². The van der Waals surface area contributed by atoms with Gasteiger partial charge in [-0.3, -0.25) is 4.79 Å². The van der Waals surface area contributed by atoms with Gasteiger partial charge in [0, 0.05) is 5.92 Å². The Morgan fingerprint density at radius 1 is 1.27 bits per heavy atom. The minimum atomic E-state index is 0.0514. The fraction of sp³-hybridized carbons (Fsp3) is 0.556. The van der Waals surface area contributed by atoms with Crippen LogP contribution in [0.5, 0.6) is 5.75 Å². The van der Waals surface area contributed by atoms with Crippen LogP contribution in [0.2, 0.25) is 0 Å². The lowest BCUT2D eigenvalue weighted by atomic mass is 9.89. The molecule has 120 valence electrons. The third-order valence-corrected chi connectivity index (χ3v) is 4.01. The molecular formula is C18H26N2O2. The summed E-state index contributed by atoms with van der Waals surface area (Å²) in [4.78, 5) is 11.9. The second kappa shape index (κ2) is 9.23. The molecule has 0 radical (unpaired) electrons. The van der Waals surface area contributed by atoms with Crippen molar-refractivity contribution in [3.8, 4) is 5.75 Å². The lowest BCUT2D eigenvalue weighted by Gasteiger charge is -2.19. The fourth-order valence-electron chi connectivity index (χ4n) is 2.61. The summed E-state index contributed by atoms with van der Waals surface area (Å²) >= 11 is 0. The van der Waals surface area contributed by atoms with E-state index in [2.05, 4.69) is 17.5 Å². The van der Waals surface area contributed by atoms with Crippen molar-refractivity contribution in [2.24, 2.45) is 11.0 Å². The van der Waals surface area contributed by atoms with E-state index in [1.54, 1.807) is 6.21 Å². The van der Waals surface area contributed by atoms with Gasteiger partial charge in [0.1, 0.15) is 5.75 Å². The summed E-state index contributed by atoms with van der Waals surface area (Å²) in [7, 11) is 0. The minimum Gasteiger partial charge on any atom is -0.494 e. The van der Waals surface area contributed by atoms with Gasteiger partial charge in [0.15, 0.2) is 0 Å². The van der Waals surface area contributed by atoms with Crippen LogP contribution in [0.3, 0.4) is 0 Å². The van der Waals surface area contributed by atoms with Gasteiger partial charge in [0.25, 0.3) is 0 Å². The zero-order valence-electron chi connectivity index (χ0n) is 13.4. The van der Waals surface area contributed by atoms with Crippen LogP contribution in [-0.2, 0) is 4.79 Å². The quantitative estimate of drug-likeness (QED) is 0.472. The number of rotatable bonds is 7. The average molecular weight is 302 g/mol. The predicted octanol–water partition coefficient (Wildman–Crippen LogP) is 3.90. The number of nitrogens with one attached hydrogen (secondary N) is 1. The monoisotopic (exact) mass is 302 g/mol. The Morgan fingerprint density at radius 3 is 2.68 bits per heavy atom. The number of hydrazone groups is 1. The number of hydrogen-bond acceptors (Lipinski definition) is 3. The van der Waals surface area contributed by atoms with Gasteiger partial charge < -0.3 is 4.74 Å². The second-order valence-corrected chi connectivity index (χ2v) is 5.84. The maximum Gasteiger partial charge on any atom is 0.243 e. The highest BCUT2D eigenvalue weighted by Gasteiger charge is 2.20. The minimum absolute atomic E-state index is 0.0514. The molecule has 0 aromatic heterocycles. The standard InChI is InChI=1S/C18H26N2O2/c1-2-3-13-22-17-11-9-15(10-12-17)14-19-20-18(21)16-7-5-4-6-8-16/h9-12,14,16H,2-8,13H2,1H3,(H,20,21)/b19-14-. The van der Waals surface area contributed by atoms with Crippen molar-refractivity contribution < 1.29 is 9.53 Å². The molecule has 1 fully saturated rings. The normalized spacial score (nSPS) is 15.9. The van der Waals surface area contributed by atoms with E-state index >= 15 is 0 Å². The van der Waals surface area contributed by atoms with E-state index in [1.807, 2.05) is 24.3 Å². The smallest absolute Gasteiger partial charge is 0.243 e. The van der Waals surface area contributed by atoms with Gasteiger partial charge in [-0.15, -0.1) is 0 Å². The highest BCUT2D eigenvalue weighted by atomic mass is 16.5. The Bertz CT molecular complexity index is 476. The van der Waals surface area contributed by atoms with Crippen molar-refractivity contribution >= 4 is 12.1 Å². The summed E-state index contributed by atoms with van der Waals surface area (Å²) in [6.07, 6.45) is 9.41. The molecule has 0 atom stereocenters. The van der Waals surface area contributed by atoms with Crippen molar-refractivity contribution in [2.75, 3.05) is 6.61 Å². The Hall–Kier alpha value is -1.84. The fourth-order valence-corrected chi connectivity index (χ4v) is 2.61. The Kier molecular flexibility index (Phi) is 6.94. The molecule has 1 saturated carbocycles. The molecule has 0 unspecified atom stereocenters. The number of amides is 1. The topological polar surface area (TPSA) is 50.7 Å². The molecule has 1 aliphatic rings. The lowest BCUT2D eigenvalue weighted by Crippen LogP contribution is -2.28. The number of unbranched alkanes of at least 4 members (excludes halogenated alkanes) is 1. The number of nitrogens with zero attached hydrogens (tertiary/aromatic N) is 1. The van der Waals surface area contributed by atoms with Gasteiger partial charge in [-0.05, 0) is 49.1 Å². The zero-order valence-corrected chi connectivity index (χ0v) is 13.4. The van der Waals surface area contributed by atoms with Crippen molar-refractivity contribution in [3.05, 3.63) is 29.8 Å². The number of benzene rings is 1. The summed E-state index contributed by atoms with van der Waals surface area (Å²) in [5, 5.41) is 4.06. The van der Waals surface area contributed by atoms with Gasteiger partial charge >= 0.3 is 0 Å². The van der Waals surface area contributed by atoms with E-state index in [0.29, 0.717) is 0 Å². The molecule has 1 aromatic carbocycles. The zero-order chi connectivity index (χ0) is 15.6. The van der Waals surface area contributed by atoms with Crippen LogP contribution in [0.25, 0.3) is 0 Å². The maximum atomic E-state index is 11.9. The van der Waals surface area contributed by atoms with E-state index in [9.17, 15) is 4.79 Å². The van der Waals surface area contributed by atoms with Crippen molar-refractivity contribution in [1.29, 1.82) is 0 Å². The number of carbonyl (C=O) groups excluding carboxylic acids is 1. The Labute approximate surface area is 132 Å². The van der Waals surface area contributed by atoms with Crippen LogP contribution >= 0.6 is 0 Å². The summed E-state index contributed by atoms with van der Waals surface area (Å²) < 4.78 is 5.61. The van der Waals surface area contributed by atoms with E-state index in [4.69, 9.17) is 4.74 Å². The molecule has 1 aliphatic carbocycles. The molecule has 1 amide bonds. The summed E-state index contributed by atoms with van der Waals surface area (Å²) in [5.41, 5.74) is 3.61. The number of carbonyl (C=O) groups is 1. The van der Waals surface area contributed by atoms with Gasteiger partial charge in [-0.25, -0.2) is 5.43 Å². The lowest BCUT2D eigenvalue weighted by molar-refractivity contribution is -0.125. The average Bonchev–Trinajstić information content (AvgIpc) is 2.57. The second-order valence-electron chi connectivity index (χ2n) is 5.84. The van der Waals surface area contributed by atoms with Crippen LogP contribution in [-0.4, -0.2) is 18.7 Å². The molecule has 22 heavy (non-hydrogen) atoms. The molecule has 0 saturated heterocycles. The molecule has 0 bridgehead atoms. The highest BCUT2D eigenvalue weighted by Crippen LogP contribution is 2.23. The molecule has 1 aromatic rings. The van der Waals surface area contributed by atoms with Crippen molar-refractivity contribution in [1.82, 2.24) is 5.43 Å². The first-order chi connectivity index (χ1) is 10.8. The van der Waals surface area contributed by atoms with E-state index in [1.165, 1.54) is 6.42 Å². The molecule has 4 nitrogen and oxygen atoms in total. The molecule has 0 aliphatic heterocycles.